The van der Waals surface area contributed by atoms with Crippen LogP contribution in [0.25, 0.3) is 0 Å². The highest BCUT2D eigenvalue weighted by Gasteiger charge is 2.20. The first kappa shape index (κ1) is 9.19. The predicted molar refractivity (Wildman–Crippen MR) is 51.3 cm³/mol. The lowest BCUT2D eigenvalue weighted by Gasteiger charge is -2.25. The van der Waals surface area contributed by atoms with Gasteiger partial charge in [-0.15, -0.1) is 0 Å². The smallest absolute Gasteiger partial charge is 0.227 e. The van der Waals surface area contributed by atoms with E-state index in [1.54, 1.807) is 18.9 Å². The second-order valence-corrected chi connectivity index (χ2v) is 3.80. The summed E-state index contributed by atoms with van der Waals surface area (Å²) in [6.45, 7) is 2.33. The lowest BCUT2D eigenvalue weighted by molar-refractivity contribution is -0.130. The molecule has 1 aromatic rings. The van der Waals surface area contributed by atoms with Crippen LogP contribution in [0.4, 0.5) is 4.39 Å². The van der Waals surface area contributed by atoms with E-state index in [4.69, 9.17) is 0 Å². The van der Waals surface area contributed by atoms with Gasteiger partial charge in [0.2, 0.25) is 5.91 Å². The molecule has 2 nitrogen and oxygen atoms in total. The van der Waals surface area contributed by atoms with Crippen molar-refractivity contribution < 1.29 is 9.18 Å². The summed E-state index contributed by atoms with van der Waals surface area (Å²) in [5.41, 5.74) is 2.54. The van der Waals surface area contributed by atoms with Crippen LogP contribution in [0.1, 0.15) is 16.7 Å². The maximum atomic E-state index is 13.2. The quantitative estimate of drug-likeness (QED) is 0.613. The Morgan fingerprint density at radius 3 is 2.79 bits per heavy atom. The molecule has 0 atom stereocenters. The molecule has 0 saturated heterocycles. The van der Waals surface area contributed by atoms with Crippen LogP contribution in [-0.4, -0.2) is 17.9 Å². The number of aryl methyl sites for hydroxylation is 1. The monoisotopic (exact) mass is 193 g/mol. The normalized spacial score (nSPS) is 15.6. The summed E-state index contributed by atoms with van der Waals surface area (Å²) >= 11 is 0. The second-order valence-electron chi connectivity index (χ2n) is 3.80. The third-order valence-electron chi connectivity index (χ3n) is 2.66. The molecule has 1 aliphatic rings. The van der Waals surface area contributed by atoms with Crippen molar-refractivity contribution in [3.05, 3.63) is 34.6 Å². The van der Waals surface area contributed by atoms with Gasteiger partial charge in [-0.05, 0) is 29.7 Å². The summed E-state index contributed by atoms with van der Waals surface area (Å²) in [4.78, 5) is 13.0. The summed E-state index contributed by atoms with van der Waals surface area (Å²) < 4.78 is 13.2. The van der Waals surface area contributed by atoms with Gasteiger partial charge in [0, 0.05) is 13.6 Å². The summed E-state index contributed by atoms with van der Waals surface area (Å²) in [7, 11) is 1.77. The molecule has 1 aromatic carbocycles. The zero-order chi connectivity index (χ0) is 10.3. The van der Waals surface area contributed by atoms with Gasteiger partial charge in [-0.25, -0.2) is 4.39 Å². The first-order valence-corrected chi connectivity index (χ1v) is 4.60. The maximum Gasteiger partial charge on any atom is 0.227 e. The molecule has 2 rings (SSSR count). The fourth-order valence-corrected chi connectivity index (χ4v) is 1.74. The minimum absolute atomic E-state index is 0.0563. The van der Waals surface area contributed by atoms with Crippen LogP contribution >= 0.6 is 0 Å². The van der Waals surface area contributed by atoms with Crippen molar-refractivity contribution in [3.63, 3.8) is 0 Å². The molecule has 0 radical (unpaired) electrons. The Balaban J connectivity index is 2.47. The number of benzene rings is 1. The average Bonchev–Trinajstić information content (AvgIpc) is 2.11. The van der Waals surface area contributed by atoms with Crippen molar-refractivity contribution >= 4 is 5.91 Å². The zero-order valence-electron chi connectivity index (χ0n) is 8.30. The summed E-state index contributed by atoms with van der Waals surface area (Å²) in [5, 5.41) is 0. The van der Waals surface area contributed by atoms with Gasteiger partial charge in [0.05, 0.1) is 6.42 Å². The van der Waals surface area contributed by atoms with Crippen LogP contribution in [-0.2, 0) is 17.8 Å². The van der Waals surface area contributed by atoms with E-state index in [0.29, 0.717) is 18.5 Å². The molecule has 14 heavy (non-hydrogen) atoms. The lowest BCUT2D eigenvalue weighted by atomic mass is 9.97. The Hall–Kier alpha value is -1.38. The molecule has 0 N–H and O–H groups in total. The lowest BCUT2D eigenvalue weighted by Crippen LogP contribution is -2.32. The predicted octanol–water partition coefficient (Wildman–Crippen LogP) is 1.65. The summed E-state index contributed by atoms with van der Waals surface area (Å²) in [6, 6.07) is 3.31. The van der Waals surface area contributed by atoms with Crippen molar-refractivity contribution in [3.8, 4) is 0 Å². The Morgan fingerprint density at radius 1 is 1.36 bits per heavy atom. The number of halogens is 1. The molecule has 0 fully saturated rings. The molecule has 0 aromatic heterocycles. The Bertz CT molecular complexity index is 401. The topological polar surface area (TPSA) is 20.3 Å². The van der Waals surface area contributed by atoms with Crippen molar-refractivity contribution in [1.82, 2.24) is 4.90 Å². The van der Waals surface area contributed by atoms with Gasteiger partial charge in [-0.3, -0.25) is 4.79 Å². The largest absolute Gasteiger partial charge is 0.341 e. The molecular weight excluding hydrogens is 181 g/mol. The van der Waals surface area contributed by atoms with E-state index in [-0.39, 0.29) is 11.7 Å². The number of nitrogens with zero attached hydrogens (tertiary/aromatic N) is 1. The van der Waals surface area contributed by atoms with Gasteiger partial charge in [0.15, 0.2) is 0 Å². The highest BCUT2D eigenvalue weighted by Crippen LogP contribution is 2.21. The molecule has 1 heterocycles. The number of likely N-dealkylation sites (N-methyl/N-ethyl adjacent to an activating group) is 1. The Kier molecular flexibility index (Phi) is 2.02. The van der Waals surface area contributed by atoms with Crippen molar-refractivity contribution in [1.29, 1.82) is 0 Å². The van der Waals surface area contributed by atoms with Crippen LogP contribution in [0.15, 0.2) is 12.1 Å². The molecule has 0 unspecified atom stereocenters. The van der Waals surface area contributed by atoms with E-state index in [2.05, 4.69) is 0 Å². The van der Waals surface area contributed by atoms with Crippen LogP contribution in [0.3, 0.4) is 0 Å². The zero-order valence-corrected chi connectivity index (χ0v) is 8.30. The summed E-state index contributed by atoms with van der Waals surface area (Å²) in [6.07, 6.45) is 0.322. The molecule has 0 aliphatic carbocycles. The van der Waals surface area contributed by atoms with E-state index >= 15 is 0 Å². The van der Waals surface area contributed by atoms with Gasteiger partial charge in [-0.1, -0.05) is 6.07 Å². The van der Waals surface area contributed by atoms with E-state index < -0.39 is 0 Å². The average molecular weight is 193 g/mol. The van der Waals surface area contributed by atoms with Gasteiger partial charge >= 0.3 is 0 Å². The van der Waals surface area contributed by atoms with Crippen LogP contribution in [0.5, 0.6) is 0 Å². The molecule has 1 amide bonds. The maximum absolute atomic E-state index is 13.2. The number of hydrogen-bond donors (Lipinski definition) is 0. The fraction of sp³-hybridized carbons (Fsp3) is 0.364. The van der Waals surface area contributed by atoms with Gasteiger partial charge in [0.1, 0.15) is 5.82 Å². The van der Waals surface area contributed by atoms with Crippen molar-refractivity contribution in [2.24, 2.45) is 0 Å². The number of hydrogen-bond acceptors (Lipinski definition) is 1. The Labute approximate surface area is 82.3 Å². The van der Waals surface area contributed by atoms with E-state index in [1.165, 1.54) is 6.07 Å². The van der Waals surface area contributed by atoms with E-state index in [9.17, 15) is 9.18 Å². The Morgan fingerprint density at radius 2 is 2.07 bits per heavy atom. The third-order valence-corrected chi connectivity index (χ3v) is 2.66. The molecule has 0 spiro atoms. The van der Waals surface area contributed by atoms with Crippen LogP contribution in [0.2, 0.25) is 0 Å². The number of amides is 1. The number of rotatable bonds is 0. The summed E-state index contributed by atoms with van der Waals surface area (Å²) in [5.74, 6) is -0.165. The molecule has 0 bridgehead atoms. The SMILES string of the molecule is Cc1cc2c(cc1F)CC(=O)N(C)C2. The highest BCUT2D eigenvalue weighted by atomic mass is 19.1. The highest BCUT2D eigenvalue weighted by molar-refractivity contribution is 5.80. The standard InChI is InChI=1S/C11H12FNO/c1-7-3-9-6-13(2)11(14)5-8(9)4-10(7)12/h3-4H,5-6H2,1-2H3. The molecule has 3 heteroatoms. The number of fused-ring (bicyclic) bond motifs is 1. The van der Waals surface area contributed by atoms with Crippen molar-refractivity contribution in [2.75, 3.05) is 7.05 Å². The molecule has 74 valence electrons. The minimum atomic E-state index is -0.221. The molecule has 0 saturated carbocycles. The van der Waals surface area contributed by atoms with E-state index in [0.717, 1.165) is 11.1 Å². The van der Waals surface area contributed by atoms with Crippen LogP contribution in [0, 0.1) is 12.7 Å². The second kappa shape index (κ2) is 3.08. The minimum Gasteiger partial charge on any atom is -0.341 e. The third kappa shape index (κ3) is 1.39. The number of carbonyl (C=O) groups is 1. The first-order valence-electron chi connectivity index (χ1n) is 4.60. The van der Waals surface area contributed by atoms with Gasteiger partial charge < -0.3 is 4.90 Å². The van der Waals surface area contributed by atoms with E-state index in [1.807, 2.05) is 6.07 Å². The first-order chi connectivity index (χ1) is 6.58. The molecular formula is C11H12FNO. The van der Waals surface area contributed by atoms with Gasteiger partial charge in [-0.2, -0.15) is 0 Å². The van der Waals surface area contributed by atoms with Gasteiger partial charge in [0.25, 0.3) is 0 Å². The number of carbonyl (C=O) groups excluding carboxylic acids is 1. The molecule has 1 aliphatic heterocycles. The fourth-order valence-electron chi connectivity index (χ4n) is 1.74. The van der Waals surface area contributed by atoms with Crippen molar-refractivity contribution in [2.45, 2.75) is 19.9 Å². The van der Waals surface area contributed by atoms with Crippen LogP contribution < -0.4 is 0 Å².